The second kappa shape index (κ2) is 7.46. The van der Waals surface area contributed by atoms with E-state index in [1.54, 1.807) is 18.2 Å². The van der Waals surface area contributed by atoms with E-state index in [-0.39, 0.29) is 4.90 Å². The Balaban J connectivity index is 1.90. The van der Waals surface area contributed by atoms with Gasteiger partial charge in [0.1, 0.15) is 22.1 Å². The Morgan fingerprint density at radius 3 is 2.73 bits per heavy atom. The number of hydrogen-bond donors (Lipinski definition) is 1. The molecule has 0 radical (unpaired) electrons. The van der Waals surface area contributed by atoms with Crippen LogP contribution in [0.2, 0.25) is 0 Å². The number of methoxy groups -OCH3 is 1. The topological polar surface area (TPSA) is 73.9 Å². The zero-order valence-corrected chi connectivity index (χ0v) is 14.6. The Hall–Kier alpha value is -2.39. The van der Waals surface area contributed by atoms with Crippen LogP contribution in [0, 0.1) is 0 Å². The van der Waals surface area contributed by atoms with E-state index in [4.69, 9.17) is 9.47 Å². The van der Waals surface area contributed by atoms with Crippen molar-refractivity contribution in [3.05, 3.63) is 48.0 Å². The van der Waals surface area contributed by atoms with E-state index in [1.165, 1.54) is 31.4 Å². The zero-order valence-electron chi connectivity index (χ0n) is 13.8. The SMILES string of the molecule is COc1ccc2c(c1)OCCC2NS(=O)(=O)c1ccccc1OC(F)F. The van der Waals surface area contributed by atoms with E-state index in [0.29, 0.717) is 30.1 Å². The smallest absolute Gasteiger partial charge is 0.387 e. The van der Waals surface area contributed by atoms with Gasteiger partial charge >= 0.3 is 6.61 Å². The van der Waals surface area contributed by atoms with Crippen molar-refractivity contribution in [3.63, 3.8) is 0 Å². The molecule has 6 nitrogen and oxygen atoms in total. The minimum Gasteiger partial charge on any atom is -0.497 e. The highest BCUT2D eigenvalue weighted by atomic mass is 32.2. The molecule has 0 aromatic heterocycles. The summed E-state index contributed by atoms with van der Waals surface area (Å²) in [5, 5.41) is 0. The van der Waals surface area contributed by atoms with Crippen molar-refractivity contribution in [2.24, 2.45) is 0 Å². The predicted octanol–water partition coefficient (Wildman–Crippen LogP) is 3.10. The lowest BCUT2D eigenvalue weighted by Crippen LogP contribution is -2.32. The molecular weight excluding hydrogens is 368 g/mol. The molecule has 1 atom stereocenters. The summed E-state index contributed by atoms with van der Waals surface area (Å²) >= 11 is 0. The fraction of sp³-hybridized carbons (Fsp3) is 0.294. The second-order valence-corrected chi connectivity index (χ2v) is 7.22. The summed E-state index contributed by atoms with van der Waals surface area (Å²) in [6.07, 6.45) is 0.399. The number of hydrogen-bond acceptors (Lipinski definition) is 5. The molecule has 1 aliphatic rings. The molecule has 0 fully saturated rings. The second-order valence-electron chi connectivity index (χ2n) is 5.54. The van der Waals surface area contributed by atoms with E-state index < -0.39 is 28.4 Å². The summed E-state index contributed by atoms with van der Waals surface area (Å²) in [7, 11) is -2.57. The lowest BCUT2D eigenvalue weighted by molar-refractivity contribution is -0.0517. The number of nitrogens with one attached hydrogen (secondary N) is 1. The van der Waals surface area contributed by atoms with Gasteiger partial charge in [0, 0.05) is 18.1 Å². The number of ether oxygens (including phenoxy) is 3. The van der Waals surface area contributed by atoms with E-state index in [1.807, 2.05) is 0 Å². The Labute approximate surface area is 149 Å². The van der Waals surface area contributed by atoms with Crippen molar-refractivity contribution >= 4 is 10.0 Å². The van der Waals surface area contributed by atoms with Crippen LogP contribution < -0.4 is 18.9 Å². The number of sulfonamides is 1. The Kier molecular flexibility index (Phi) is 5.28. The van der Waals surface area contributed by atoms with E-state index in [0.717, 1.165) is 0 Å². The molecule has 2 aromatic rings. The molecule has 9 heteroatoms. The van der Waals surface area contributed by atoms with Crippen LogP contribution in [0.25, 0.3) is 0 Å². The van der Waals surface area contributed by atoms with Crippen LogP contribution in [-0.4, -0.2) is 28.7 Å². The predicted molar refractivity (Wildman–Crippen MR) is 89.2 cm³/mol. The van der Waals surface area contributed by atoms with Gasteiger partial charge in [-0.1, -0.05) is 18.2 Å². The lowest BCUT2D eigenvalue weighted by Gasteiger charge is -2.27. The highest BCUT2D eigenvalue weighted by Gasteiger charge is 2.29. The van der Waals surface area contributed by atoms with Crippen molar-refractivity contribution in [1.29, 1.82) is 0 Å². The minimum absolute atomic E-state index is 0.308. The van der Waals surface area contributed by atoms with Crippen LogP contribution in [0.4, 0.5) is 8.78 Å². The molecule has 1 aliphatic heterocycles. The third kappa shape index (κ3) is 3.88. The molecule has 1 N–H and O–H groups in total. The molecule has 0 spiro atoms. The van der Waals surface area contributed by atoms with Crippen molar-refractivity contribution in [2.75, 3.05) is 13.7 Å². The maximum Gasteiger partial charge on any atom is 0.387 e. The van der Waals surface area contributed by atoms with Gasteiger partial charge in [0.05, 0.1) is 19.8 Å². The first-order valence-corrected chi connectivity index (χ1v) is 9.26. The van der Waals surface area contributed by atoms with Crippen LogP contribution in [0.15, 0.2) is 47.4 Å². The molecule has 0 saturated carbocycles. The first kappa shape index (κ1) is 18.4. The van der Waals surface area contributed by atoms with Gasteiger partial charge in [0.15, 0.2) is 0 Å². The Bertz CT molecular complexity index is 888. The van der Waals surface area contributed by atoms with Gasteiger partial charge in [-0.3, -0.25) is 0 Å². The lowest BCUT2D eigenvalue weighted by atomic mass is 10.0. The van der Waals surface area contributed by atoms with Crippen LogP contribution in [0.1, 0.15) is 18.0 Å². The molecule has 0 bridgehead atoms. The maximum absolute atomic E-state index is 12.7. The van der Waals surface area contributed by atoms with Gasteiger partial charge in [-0.25, -0.2) is 13.1 Å². The minimum atomic E-state index is -4.09. The molecule has 1 unspecified atom stereocenters. The number of para-hydroxylation sites is 1. The molecule has 1 heterocycles. The van der Waals surface area contributed by atoms with Crippen molar-refractivity contribution in [2.45, 2.75) is 24.0 Å². The summed E-state index contributed by atoms with van der Waals surface area (Å²) < 4.78 is 68.1. The number of alkyl halides is 2. The van der Waals surface area contributed by atoms with Gasteiger partial charge in [0.2, 0.25) is 10.0 Å². The molecule has 2 aromatic carbocycles. The summed E-state index contributed by atoms with van der Waals surface area (Å²) in [4.78, 5) is -0.346. The number of rotatable bonds is 6. The Morgan fingerprint density at radius 1 is 1.23 bits per heavy atom. The van der Waals surface area contributed by atoms with Crippen LogP contribution in [-0.2, 0) is 10.0 Å². The van der Waals surface area contributed by atoms with E-state index in [9.17, 15) is 17.2 Å². The largest absolute Gasteiger partial charge is 0.497 e. The summed E-state index contributed by atoms with van der Waals surface area (Å²) in [5.74, 6) is 0.695. The fourth-order valence-corrected chi connectivity index (χ4v) is 4.12. The highest BCUT2D eigenvalue weighted by Crippen LogP contribution is 2.36. The van der Waals surface area contributed by atoms with E-state index >= 15 is 0 Å². The molecule has 0 saturated heterocycles. The average molecular weight is 385 g/mol. The Morgan fingerprint density at radius 2 is 2.00 bits per heavy atom. The molecular formula is C17H17F2NO5S. The standard InChI is InChI=1S/C17H17F2NO5S/c1-23-11-6-7-12-13(8-9-24-15(12)10-11)20-26(21,22)16-5-3-2-4-14(16)25-17(18)19/h2-7,10,13,17,20H,8-9H2,1H3. The third-order valence-electron chi connectivity index (χ3n) is 3.91. The fourth-order valence-electron chi connectivity index (χ4n) is 2.74. The van der Waals surface area contributed by atoms with Crippen LogP contribution >= 0.6 is 0 Å². The molecule has 26 heavy (non-hydrogen) atoms. The molecule has 140 valence electrons. The number of benzene rings is 2. The average Bonchev–Trinajstić information content (AvgIpc) is 2.61. The van der Waals surface area contributed by atoms with Crippen molar-refractivity contribution in [3.8, 4) is 17.2 Å². The third-order valence-corrected chi connectivity index (χ3v) is 5.42. The maximum atomic E-state index is 12.7. The quantitative estimate of drug-likeness (QED) is 0.827. The highest BCUT2D eigenvalue weighted by molar-refractivity contribution is 7.89. The molecule has 0 amide bonds. The van der Waals surface area contributed by atoms with Gasteiger partial charge in [-0.05, 0) is 18.2 Å². The number of halogens is 2. The summed E-state index contributed by atoms with van der Waals surface area (Å²) in [5.41, 5.74) is 0.646. The van der Waals surface area contributed by atoms with Gasteiger partial charge < -0.3 is 14.2 Å². The van der Waals surface area contributed by atoms with Crippen molar-refractivity contribution < 1.29 is 31.4 Å². The molecule has 0 aliphatic carbocycles. The monoisotopic (exact) mass is 385 g/mol. The summed E-state index contributed by atoms with van der Waals surface area (Å²) in [6.45, 7) is -2.81. The first-order valence-electron chi connectivity index (χ1n) is 7.77. The van der Waals surface area contributed by atoms with Crippen LogP contribution in [0.5, 0.6) is 17.2 Å². The van der Waals surface area contributed by atoms with Gasteiger partial charge in [-0.2, -0.15) is 8.78 Å². The zero-order chi connectivity index (χ0) is 18.7. The van der Waals surface area contributed by atoms with Crippen molar-refractivity contribution in [1.82, 2.24) is 4.72 Å². The van der Waals surface area contributed by atoms with E-state index in [2.05, 4.69) is 9.46 Å². The summed E-state index contributed by atoms with van der Waals surface area (Å²) in [6, 6.07) is 9.78. The van der Waals surface area contributed by atoms with Gasteiger partial charge in [0.25, 0.3) is 0 Å². The molecule has 3 rings (SSSR count). The first-order chi connectivity index (χ1) is 12.4. The van der Waals surface area contributed by atoms with Crippen LogP contribution in [0.3, 0.4) is 0 Å². The van der Waals surface area contributed by atoms with Gasteiger partial charge in [-0.15, -0.1) is 0 Å². The number of fused-ring (bicyclic) bond motifs is 1. The normalized spacial score (nSPS) is 16.7.